The Balaban J connectivity index is 0.959. The van der Waals surface area contributed by atoms with E-state index in [-0.39, 0.29) is 17.9 Å². The van der Waals surface area contributed by atoms with Gasteiger partial charge in [-0.1, -0.05) is 35.9 Å². The molecule has 0 spiro atoms. The fraction of sp³-hybridized carbons (Fsp3) is 0.405. The number of carbonyl (C=O) groups is 2. The molecule has 2 fully saturated rings. The first-order valence-corrected chi connectivity index (χ1v) is 19.6. The fourth-order valence-electron chi connectivity index (χ4n) is 8.60. The molecule has 1 aliphatic carbocycles. The van der Waals surface area contributed by atoms with Crippen LogP contribution in [0.3, 0.4) is 0 Å². The lowest BCUT2D eigenvalue weighted by atomic mass is 9.81. The number of pyridine rings is 2. The van der Waals surface area contributed by atoms with Crippen molar-refractivity contribution in [2.45, 2.75) is 64.6 Å². The lowest BCUT2D eigenvalue weighted by molar-refractivity contribution is -0.143. The van der Waals surface area contributed by atoms with Crippen LogP contribution in [0.15, 0.2) is 60.9 Å². The summed E-state index contributed by atoms with van der Waals surface area (Å²) in [5.41, 5.74) is 7.87. The number of hydrogen-bond acceptors (Lipinski definition) is 9. The van der Waals surface area contributed by atoms with Crippen LogP contribution in [0, 0.1) is 18.8 Å². The summed E-state index contributed by atoms with van der Waals surface area (Å²) >= 11 is 7.06. The van der Waals surface area contributed by atoms with Crippen molar-refractivity contribution in [3.8, 4) is 11.1 Å². The van der Waals surface area contributed by atoms with Crippen LogP contribution in [0.2, 0.25) is 5.02 Å². The number of anilines is 3. The Morgan fingerprint density at radius 3 is 2.51 bits per heavy atom. The van der Waals surface area contributed by atoms with Gasteiger partial charge in [-0.25, -0.2) is 9.97 Å². The number of rotatable bonds is 10. The lowest BCUT2D eigenvalue weighted by Crippen LogP contribution is -2.36. The van der Waals surface area contributed by atoms with Crippen LogP contribution >= 0.6 is 11.6 Å². The lowest BCUT2D eigenvalue weighted by Gasteiger charge is -2.33. The molecule has 2 aliphatic heterocycles. The summed E-state index contributed by atoms with van der Waals surface area (Å²) in [6.45, 7) is 6.81. The van der Waals surface area contributed by atoms with Crippen molar-refractivity contribution in [1.82, 2.24) is 29.3 Å². The Labute approximate surface area is 325 Å². The normalized spacial score (nSPS) is 20.4. The average Bonchev–Trinajstić information content (AvgIpc) is 3.74. The van der Waals surface area contributed by atoms with Crippen LogP contribution in [-0.2, 0) is 31.4 Å². The van der Waals surface area contributed by atoms with Gasteiger partial charge >= 0.3 is 5.97 Å². The summed E-state index contributed by atoms with van der Waals surface area (Å²) in [5.74, 6) is 0.269. The zero-order valence-electron chi connectivity index (χ0n) is 31.3. The van der Waals surface area contributed by atoms with Gasteiger partial charge in [-0.15, -0.1) is 0 Å². The number of amides is 1. The highest BCUT2D eigenvalue weighted by atomic mass is 35.5. The Morgan fingerprint density at radius 1 is 0.964 bits per heavy atom. The molecule has 1 saturated carbocycles. The molecule has 5 aromatic rings. The molecule has 13 heteroatoms. The number of nitrogens with one attached hydrogen (secondary N) is 2. The molecule has 1 amide bonds. The molecule has 3 aliphatic rings. The van der Waals surface area contributed by atoms with E-state index in [0.717, 1.165) is 115 Å². The summed E-state index contributed by atoms with van der Waals surface area (Å²) in [5, 5.41) is 27.2. The van der Waals surface area contributed by atoms with Gasteiger partial charge in [0.05, 0.1) is 28.4 Å². The van der Waals surface area contributed by atoms with Crippen molar-refractivity contribution in [2.24, 2.45) is 18.9 Å². The van der Waals surface area contributed by atoms with Crippen molar-refractivity contribution < 1.29 is 19.8 Å². The van der Waals surface area contributed by atoms with Crippen LogP contribution in [0.5, 0.6) is 0 Å². The molecule has 0 bridgehead atoms. The molecule has 1 saturated heterocycles. The zero-order valence-corrected chi connectivity index (χ0v) is 32.0. The zero-order chi connectivity index (χ0) is 38.2. The van der Waals surface area contributed by atoms with E-state index < -0.39 is 5.97 Å². The topological polar surface area (TPSA) is 149 Å². The highest BCUT2D eigenvalue weighted by Gasteiger charge is 2.30. The van der Waals surface area contributed by atoms with Gasteiger partial charge < -0.3 is 25.4 Å². The molecule has 3 aromatic heterocycles. The summed E-state index contributed by atoms with van der Waals surface area (Å²) in [6, 6.07) is 15.7. The highest BCUT2D eigenvalue weighted by molar-refractivity contribution is 6.36. The number of carboxylic acid groups (broad SMARTS) is 1. The molecule has 1 atom stereocenters. The molecule has 286 valence electrons. The number of imidazole rings is 1. The number of carbonyl (C=O) groups excluding carboxylic acids is 1. The van der Waals surface area contributed by atoms with Crippen molar-refractivity contribution in [1.29, 1.82) is 0 Å². The minimum atomic E-state index is -0.676. The van der Waals surface area contributed by atoms with Gasteiger partial charge in [0, 0.05) is 87.5 Å². The second kappa shape index (κ2) is 15.7. The van der Waals surface area contributed by atoms with Crippen LogP contribution in [0.1, 0.15) is 65.2 Å². The van der Waals surface area contributed by atoms with E-state index in [0.29, 0.717) is 41.4 Å². The second-order valence-electron chi connectivity index (χ2n) is 15.4. The van der Waals surface area contributed by atoms with Gasteiger partial charge in [-0.2, -0.15) is 0 Å². The van der Waals surface area contributed by atoms with E-state index in [1.165, 1.54) is 0 Å². The van der Waals surface area contributed by atoms with E-state index in [1.54, 1.807) is 12.3 Å². The number of halogens is 1. The van der Waals surface area contributed by atoms with E-state index in [9.17, 15) is 19.8 Å². The molecule has 5 heterocycles. The molecule has 0 radical (unpaired) electrons. The third-order valence-electron chi connectivity index (χ3n) is 11.7. The van der Waals surface area contributed by atoms with E-state index >= 15 is 0 Å². The number of aromatic nitrogens is 4. The Morgan fingerprint density at radius 2 is 1.75 bits per heavy atom. The maximum Gasteiger partial charge on any atom is 0.306 e. The molecule has 4 N–H and O–H groups in total. The maximum absolute atomic E-state index is 13.7. The summed E-state index contributed by atoms with van der Waals surface area (Å²) in [7, 11) is 1.89. The molecular weight excluding hydrogens is 716 g/mol. The molecule has 12 nitrogen and oxygen atoms in total. The number of benzene rings is 2. The van der Waals surface area contributed by atoms with Crippen LogP contribution in [-0.4, -0.2) is 83.7 Å². The standard InChI is InChI=1S/C42H47ClN8O4/c1-25-31(5-3-7-33(25)46-39-38-29(13-16-44-39)19-27(20-45-38)22-50-17-14-30(52)23-50)32-6-4-8-34(37(32)43)48-41(53)40-47-35-24-51(18-15-36(35)49(40)2)21-26-9-11-28(12-10-26)42(54)55/h3-8,13,16,19-20,26,28,30,52H,9-12,14-15,17-18,21-24H2,1-2H3,(H,44,46)(H,48,53)(H,54,55)/t26-,28+,30-/m1/s1. The number of β-amino-alcohol motifs (C(OH)–C–C–N with tert-alkyl or cyclic N) is 1. The number of carboxylic acids is 1. The summed E-state index contributed by atoms with van der Waals surface area (Å²) < 4.78 is 1.90. The Hall–Kier alpha value is -4.88. The number of likely N-dealkylation sites (tertiary alicyclic amines) is 1. The summed E-state index contributed by atoms with van der Waals surface area (Å²) in [4.78, 5) is 44.0. The largest absolute Gasteiger partial charge is 0.481 e. The number of nitrogens with zero attached hydrogens (tertiary/aromatic N) is 6. The smallest absolute Gasteiger partial charge is 0.306 e. The second-order valence-corrected chi connectivity index (χ2v) is 15.8. The number of aliphatic hydroxyl groups is 1. The molecule has 55 heavy (non-hydrogen) atoms. The molecule has 0 unspecified atom stereocenters. The number of aliphatic carboxylic acids is 1. The first kappa shape index (κ1) is 37.1. The van der Waals surface area contributed by atoms with Gasteiger partial charge in [0.25, 0.3) is 5.91 Å². The molecular formula is C42H47ClN8O4. The van der Waals surface area contributed by atoms with Crippen molar-refractivity contribution in [3.63, 3.8) is 0 Å². The van der Waals surface area contributed by atoms with Gasteiger partial charge in [0.2, 0.25) is 0 Å². The first-order valence-electron chi connectivity index (χ1n) is 19.2. The van der Waals surface area contributed by atoms with E-state index in [4.69, 9.17) is 21.6 Å². The monoisotopic (exact) mass is 762 g/mol. The Bertz CT molecular complexity index is 2250. The predicted molar refractivity (Wildman–Crippen MR) is 214 cm³/mol. The maximum atomic E-state index is 13.7. The number of hydrogen-bond donors (Lipinski definition) is 4. The van der Waals surface area contributed by atoms with Gasteiger partial charge in [0.1, 0.15) is 5.52 Å². The average molecular weight is 763 g/mol. The minimum Gasteiger partial charge on any atom is -0.481 e. The Kier molecular flexibility index (Phi) is 10.6. The third kappa shape index (κ3) is 7.82. The van der Waals surface area contributed by atoms with Gasteiger partial charge in [0.15, 0.2) is 11.6 Å². The minimum absolute atomic E-state index is 0.213. The van der Waals surface area contributed by atoms with Gasteiger partial charge in [-0.3, -0.25) is 24.4 Å². The van der Waals surface area contributed by atoms with E-state index in [2.05, 4.69) is 31.5 Å². The third-order valence-corrected chi connectivity index (χ3v) is 12.1. The fourth-order valence-corrected chi connectivity index (χ4v) is 8.88. The van der Waals surface area contributed by atoms with Gasteiger partial charge in [-0.05, 0) is 85.9 Å². The van der Waals surface area contributed by atoms with Crippen LogP contribution < -0.4 is 10.6 Å². The summed E-state index contributed by atoms with van der Waals surface area (Å²) in [6.07, 6.45) is 8.36. The number of aliphatic hydroxyl groups excluding tert-OH is 1. The van der Waals surface area contributed by atoms with Crippen molar-refractivity contribution >= 4 is 51.6 Å². The highest BCUT2D eigenvalue weighted by Crippen LogP contribution is 2.39. The van der Waals surface area contributed by atoms with E-state index in [1.807, 2.05) is 61.1 Å². The van der Waals surface area contributed by atoms with Crippen LogP contribution in [0.4, 0.5) is 17.2 Å². The van der Waals surface area contributed by atoms with Crippen LogP contribution in [0.25, 0.3) is 22.0 Å². The first-order chi connectivity index (χ1) is 26.6. The van der Waals surface area contributed by atoms with Crippen molar-refractivity contribution in [2.75, 3.05) is 36.8 Å². The molecule has 2 aromatic carbocycles. The quantitative estimate of drug-likeness (QED) is 0.120. The van der Waals surface area contributed by atoms with Crippen molar-refractivity contribution in [3.05, 3.63) is 94.3 Å². The number of fused-ring (bicyclic) bond motifs is 2. The predicted octanol–water partition coefficient (Wildman–Crippen LogP) is 6.80. The SMILES string of the molecule is Cc1c(Nc2nccc3cc(CN4CC[C@@H](O)C4)cnc23)cccc1-c1cccc(NC(=O)c2nc3c(n2C)CCN(C[C@H]2CC[C@@H](C(=O)O)CC2)C3)c1Cl. The molecule has 8 rings (SSSR count).